The second-order valence-electron chi connectivity index (χ2n) is 16.9. The fraction of sp³-hybridized carbons (Fsp3) is 0.938. The Kier molecular flexibility index (Phi) is 41.3. The topological polar surface area (TPSA) is 78.9 Å². The molecule has 0 aliphatic carbocycles. The minimum Gasteiger partial charge on any atom is -0.462 e. The van der Waals surface area contributed by atoms with Crippen LogP contribution in [0.3, 0.4) is 0 Å². The van der Waals surface area contributed by atoms with Crippen molar-refractivity contribution in [2.75, 3.05) is 13.2 Å². The number of ether oxygens (including phenoxy) is 3. The van der Waals surface area contributed by atoms with Gasteiger partial charge in [-0.15, -0.1) is 0 Å². The predicted molar refractivity (Wildman–Crippen MR) is 229 cm³/mol. The van der Waals surface area contributed by atoms with Crippen LogP contribution in [-0.4, -0.2) is 37.2 Å². The first kappa shape index (κ1) is 52.4. The van der Waals surface area contributed by atoms with Gasteiger partial charge in [0.05, 0.1) is 0 Å². The van der Waals surface area contributed by atoms with Crippen LogP contribution in [0.1, 0.15) is 265 Å². The third-order valence-corrected chi connectivity index (χ3v) is 10.8. The van der Waals surface area contributed by atoms with E-state index in [1.54, 1.807) is 0 Å². The van der Waals surface area contributed by atoms with Gasteiger partial charge in [-0.25, -0.2) is 0 Å². The van der Waals surface area contributed by atoms with Crippen LogP contribution in [0, 0.1) is 5.92 Å². The molecule has 0 radical (unpaired) electrons. The molecule has 0 spiro atoms. The molecule has 0 rings (SSSR count). The maximum absolute atomic E-state index is 12.7. The molecule has 6 heteroatoms. The van der Waals surface area contributed by atoms with Gasteiger partial charge in [-0.05, 0) is 25.2 Å². The van der Waals surface area contributed by atoms with E-state index in [2.05, 4.69) is 27.7 Å². The average Bonchev–Trinajstić information content (AvgIpc) is 3.15. The number of hydrogen-bond acceptors (Lipinski definition) is 6. The van der Waals surface area contributed by atoms with Gasteiger partial charge < -0.3 is 14.2 Å². The summed E-state index contributed by atoms with van der Waals surface area (Å²) < 4.78 is 16.6. The fourth-order valence-corrected chi connectivity index (χ4v) is 7.16. The van der Waals surface area contributed by atoms with Crippen LogP contribution in [0.15, 0.2) is 0 Å². The van der Waals surface area contributed by atoms with E-state index in [0.717, 1.165) is 70.1 Å². The molecule has 0 aromatic rings. The van der Waals surface area contributed by atoms with Gasteiger partial charge in [0.15, 0.2) is 6.10 Å². The van der Waals surface area contributed by atoms with Crippen LogP contribution < -0.4 is 0 Å². The van der Waals surface area contributed by atoms with Crippen molar-refractivity contribution in [1.82, 2.24) is 0 Å². The minimum atomic E-state index is -0.758. The number of carbonyl (C=O) groups excluding carboxylic acids is 3. The quantitative estimate of drug-likeness (QED) is 0.0349. The molecule has 0 aromatic heterocycles. The van der Waals surface area contributed by atoms with Crippen molar-refractivity contribution in [3.63, 3.8) is 0 Å². The Bertz CT molecular complexity index is 811. The van der Waals surface area contributed by atoms with E-state index < -0.39 is 6.10 Å². The van der Waals surface area contributed by atoms with Crippen LogP contribution in [0.4, 0.5) is 0 Å². The smallest absolute Gasteiger partial charge is 0.306 e. The van der Waals surface area contributed by atoms with Crippen LogP contribution >= 0.6 is 0 Å². The van der Waals surface area contributed by atoms with Gasteiger partial charge in [0.1, 0.15) is 13.2 Å². The Morgan fingerprint density at radius 2 is 0.611 bits per heavy atom. The lowest BCUT2D eigenvalue weighted by atomic mass is 10.0. The summed E-state index contributed by atoms with van der Waals surface area (Å²) in [5.74, 6) is -0.0192. The van der Waals surface area contributed by atoms with E-state index in [-0.39, 0.29) is 31.1 Å². The maximum atomic E-state index is 12.7. The number of unbranched alkanes of at least 4 members (excludes halogenated alkanes) is 30. The summed E-state index contributed by atoms with van der Waals surface area (Å²) in [4.78, 5) is 37.5. The molecule has 0 heterocycles. The first-order valence-electron chi connectivity index (χ1n) is 23.9. The lowest BCUT2D eigenvalue weighted by Gasteiger charge is -2.18. The molecule has 6 nitrogen and oxygen atoms in total. The molecule has 0 aromatic carbocycles. The molecule has 0 unspecified atom stereocenters. The molecule has 320 valence electrons. The fourth-order valence-electron chi connectivity index (χ4n) is 7.16. The molecule has 0 aliphatic rings. The van der Waals surface area contributed by atoms with Crippen LogP contribution in [0.25, 0.3) is 0 Å². The zero-order valence-electron chi connectivity index (χ0n) is 36.7. The summed E-state index contributed by atoms with van der Waals surface area (Å²) in [5, 5.41) is 0. The first-order valence-corrected chi connectivity index (χ1v) is 23.9. The maximum Gasteiger partial charge on any atom is 0.306 e. The van der Waals surface area contributed by atoms with Gasteiger partial charge in [0.2, 0.25) is 0 Å². The van der Waals surface area contributed by atoms with Gasteiger partial charge in [-0.3, -0.25) is 14.4 Å². The van der Waals surface area contributed by atoms with Crippen LogP contribution in [-0.2, 0) is 28.6 Å². The largest absolute Gasteiger partial charge is 0.462 e. The van der Waals surface area contributed by atoms with Crippen molar-refractivity contribution < 1.29 is 28.6 Å². The van der Waals surface area contributed by atoms with E-state index in [4.69, 9.17) is 14.2 Å². The zero-order chi connectivity index (χ0) is 39.6. The third-order valence-electron chi connectivity index (χ3n) is 10.8. The summed E-state index contributed by atoms with van der Waals surface area (Å²) >= 11 is 0. The highest BCUT2D eigenvalue weighted by Gasteiger charge is 2.19. The van der Waals surface area contributed by atoms with Gasteiger partial charge in [0.25, 0.3) is 0 Å². The molecule has 54 heavy (non-hydrogen) atoms. The first-order chi connectivity index (χ1) is 26.4. The molecular weight excluding hydrogens is 673 g/mol. The normalized spacial score (nSPS) is 11.9. The summed E-state index contributed by atoms with van der Waals surface area (Å²) in [6.45, 7) is 8.94. The molecule has 1 atom stereocenters. The van der Waals surface area contributed by atoms with Crippen molar-refractivity contribution in [2.24, 2.45) is 5.92 Å². The summed E-state index contributed by atoms with van der Waals surface area (Å²) in [5.41, 5.74) is 0. The van der Waals surface area contributed by atoms with Crippen molar-refractivity contribution in [3.8, 4) is 0 Å². The third kappa shape index (κ3) is 41.6. The van der Waals surface area contributed by atoms with Gasteiger partial charge in [0, 0.05) is 19.3 Å². The Balaban J connectivity index is 4.14. The Hall–Kier alpha value is -1.59. The lowest BCUT2D eigenvalue weighted by molar-refractivity contribution is -0.167. The second kappa shape index (κ2) is 42.6. The molecule has 0 saturated heterocycles. The number of carbonyl (C=O) groups is 3. The Morgan fingerprint density at radius 3 is 0.907 bits per heavy atom. The lowest BCUT2D eigenvalue weighted by Crippen LogP contribution is -2.30. The van der Waals surface area contributed by atoms with Crippen molar-refractivity contribution in [2.45, 2.75) is 271 Å². The average molecular weight is 765 g/mol. The standard InChI is InChI=1S/C48H92O6/c1-5-7-9-11-12-13-14-15-19-23-26-29-33-37-41-48(51)54-45(42-52-46(49)39-35-30-10-8-6-2)43-53-47(50)40-36-32-28-25-22-20-17-16-18-21-24-27-31-34-38-44(3)4/h44-45H,5-43H2,1-4H3/t45-/m1/s1. The highest BCUT2D eigenvalue weighted by Crippen LogP contribution is 2.17. The van der Waals surface area contributed by atoms with Crippen molar-refractivity contribution in [1.29, 1.82) is 0 Å². The Labute approximate surface area is 336 Å². The molecular formula is C48H92O6. The summed E-state index contributed by atoms with van der Waals surface area (Å²) in [7, 11) is 0. The SMILES string of the molecule is CCCCCCCCCCCCCCCCC(=O)O[C@H](COC(=O)CCCCCCC)COC(=O)CCCCCCCCCCCCCCCCC(C)C. The highest BCUT2D eigenvalue weighted by atomic mass is 16.6. The zero-order valence-corrected chi connectivity index (χ0v) is 36.7. The molecule has 0 fully saturated rings. The van der Waals surface area contributed by atoms with Gasteiger partial charge in [-0.1, -0.05) is 227 Å². The van der Waals surface area contributed by atoms with E-state index in [0.29, 0.717) is 19.3 Å². The van der Waals surface area contributed by atoms with Gasteiger partial charge in [-0.2, -0.15) is 0 Å². The number of rotatable bonds is 43. The monoisotopic (exact) mass is 765 g/mol. The van der Waals surface area contributed by atoms with E-state index >= 15 is 0 Å². The molecule has 0 amide bonds. The van der Waals surface area contributed by atoms with Gasteiger partial charge >= 0.3 is 17.9 Å². The molecule has 0 saturated carbocycles. The highest BCUT2D eigenvalue weighted by molar-refractivity contribution is 5.71. The summed E-state index contributed by atoms with van der Waals surface area (Å²) in [6.07, 6.45) is 42.6. The van der Waals surface area contributed by atoms with Crippen molar-refractivity contribution >= 4 is 17.9 Å². The van der Waals surface area contributed by atoms with Crippen LogP contribution in [0.5, 0.6) is 0 Å². The van der Waals surface area contributed by atoms with Crippen LogP contribution in [0.2, 0.25) is 0 Å². The Morgan fingerprint density at radius 1 is 0.352 bits per heavy atom. The number of hydrogen-bond donors (Lipinski definition) is 0. The number of esters is 3. The minimum absolute atomic E-state index is 0.0643. The summed E-state index contributed by atoms with van der Waals surface area (Å²) in [6, 6.07) is 0. The molecule has 0 bridgehead atoms. The van der Waals surface area contributed by atoms with E-state index in [1.165, 1.54) is 154 Å². The molecule has 0 aliphatic heterocycles. The molecule has 0 N–H and O–H groups in total. The van der Waals surface area contributed by atoms with E-state index in [9.17, 15) is 14.4 Å². The second-order valence-corrected chi connectivity index (χ2v) is 16.9. The van der Waals surface area contributed by atoms with E-state index in [1.807, 2.05) is 0 Å². The predicted octanol–water partition coefficient (Wildman–Crippen LogP) is 15.1. The van der Waals surface area contributed by atoms with Crippen molar-refractivity contribution in [3.05, 3.63) is 0 Å².